The topological polar surface area (TPSA) is 73.2 Å². The van der Waals surface area contributed by atoms with Gasteiger partial charge in [-0.05, 0) is 36.5 Å². The van der Waals surface area contributed by atoms with Crippen LogP contribution in [0.4, 0.5) is 0 Å². The van der Waals surface area contributed by atoms with Crippen LogP contribution in [0.25, 0.3) is 6.08 Å². The zero-order chi connectivity index (χ0) is 17.4. The van der Waals surface area contributed by atoms with Gasteiger partial charge in [-0.15, -0.1) is 0 Å². The molecule has 1 heterocycles. The van der Waals surface area contributed by atoms with E-state index in [1.54, 1.807) is 11.0 Å². The van der Waals surface area contributed by atoms with E-state index in [0.29, 0.717) is 25.6 Å². The Balaban J connectivity index is 1.73. The van der Waals surface area contributed by atoms with Gasteiger partial charge in [-0.3, -0.25) is 9.59 Å². The smallest absolute Gasteiger partial charge is 0.244 e. The first kappa shape index (κ1) is 18.2. The molecule has 1 aliphatic heterocycles. The summed E-state index contributed by atoms with van der Waals surface area (Å²) >= 11 is 3.44. The third-order valence-corrected chi connectivity index (χ3v) is 4.80. The first-order valence-corrected chi connectivity index (χ1v) is 8.74. The third-order valence-electron chi connectivity index (χ3n) is 4.08. The number of halogens is 1. The summed E-state index contributed by atoms with van der Waals surface area (Å²) in [5, 5.41) is 11.5. The fourth-order valence-corrected chi connectivity index (χ4v) is 3.06. The molecule has 2 amide bonds. The molecule has 126 valence electrons. The highest BCUT2D eigenvalue weighted by Gasteiger charge is 2.22. The average molecular weight is 390 g/mol. The second-order valence-electron chi connectivity index (χ2n) is 5.76. The van der Waals surface area contributed by atoms with E-state index in [4.69, 9.17) is 5.26 Å². The Bertz CT molecular complexity index is 658. The lowest BCUT2D eigenvalue weighted by atomic mass is 9.96. The van der Waals surface area contributed by atoms with Gasteiger partial charge in [0.2, 0.25) is 11.8 Å². The predicted octanol–water partition coefficient (Wildman–Crippen LogP) is 2.73. The number of piperidine rings is 1. The molecule has 1 aromatic carbocycles. The van der Waals surface area contributed by atoms with Crippen LogP contribution in [0.5, 0.6) is 0 Å². The molecule has 2 rings (SSSR count). The van der Waals surface area contributed by atoms with E-state index < -0.39 is 0 Å². The maximum atomic E-state index is 11.9. The number of nitrogens with zero attached hydrogens (tertiary/aromatic N) is 2. The summed E-state index contributed by atoms with van der Waals surface area (Å²) in [5.41, 5.74) is 0.956. The van der Waals surface area contributed by atoms with Crippen molar-refractivity contribution in [1.29, 1.82) is 5.26 Å². The highest BCUT2D eigenvalue weighted by atomic mass is 79.9. The molecule has 6 heteroatoms. The Morgan fingerprint density at radius 1 is 1.33 bits per heavy atom. The van der Waals surface area contributed by atoms with Gasteiger partial charge in [-0.1, -0.05) is 34.1 Å². The van der Waals surface area contributed by atoms with Crippen molar-refractivity contribution in [2.24, 2.45) is 5.92 Å². The van der Waals surface area contributed by atoms with Crippen LogP contribution in [0.3, 0.4) is 0 Å². The van der Waals surface area contributed by atoms with E-state index >= 15 is 0 Å². The Morgan fingerprint density at radius 3 is 2.71 bits per heavy atom. The number of nitriles is 1. The van der Waals surface area contributed by atoms with Crippen LogP contribution < -0.4 is 5.32 Å². The van der Waals surface area contributed by atoms with Crippen LogP contribution in [0.2, 0.25) is 0 Å². The number of amides is 2. The number of rotatable bonds is 5. The van der Waals surface area contributed by atoms with Gasteiger partial charge in [0.1, 0.15) is 6.42 Å². The lowest BCUT2D eigenvalue weighted by Gasteiger charge is -2.31. The maximum Gasteiger partial charge on any atom is 0.244 e. The monoisotopic (exact) mass is 389 g/mol. The lowest BCUT2D eigenvalue weighted by molar-refractivity contribution is -0.131. The van der Waals surface area contributed by atoms with Gasteiger partial charge in [-0.25, -0.2) is 0 Å². The summed E-state index contributed by atoms with van der Waals surface area (Å²) in [6.07, 6.45) is 4.96. The summed E-state index contributed by atoms with van der Waals surface area (Å²) in [7, 11) is 0. The molecule has 0 unspecified atom stereocenters. The number of likely N-dealkylation sites (tertiary alicyclic amines) is 1. The molecule has 0 saturated carbocycles. The summed E-state index contributed by atoms with van der Waals surface area (Å²) in [4.78, 5) is 25.3. The van der Waals surface area contributed by atoms with Gasteiger partial charge in [0.15, 0.2) is 0 Å². The maximum absolute atomic E-state index is 11.9. The minimum Gasteiger partial charge on any atom is -0.352 e. The van der Waals surface area contributed by atoms with Crippen molar-refractivity contribution in [1.82, 2.24) is 10.2 Å². The predicted molar refractivity (Wildman–Crippen MR) is 95.7 cm³/mol. The molecule has 1 aliphatic rings. The molecule has 5 nitrogen and oxygen atoms in total. The number of hydrogen-bond acceptors (Lipinski definition) is 3. The molecule has 1 aromatic rings. The molecule has 0 bridgehead atoms. The summed E-state index contributed by atoms with van der Waals surface area (Å²) in [6, 6.07) is 9.60. The highest BCUT2D eigenvalue weighted by molar-refractivity contribution is 9.10. The normalized spacial score (nSPS) is 15.2. The number of hydrogen-bond donors (Lipinski definition) is 1. The van der Waals surface area contributed by atoms with Crippen molar-refractivity contribution in [2.45, 2.75) is 19.3 Å². The second kappa shape index (κ2) is 9.24. The van der Waals surface area contributed by atoms with Crippen molar-refractivity contribution in [3.8, 4) is 6.07 Å². The van der Waals surface area contributed by atoms with Gasteiger partial charge < -0.3 is 10.2 Å². The van der Waals surface area contributed by atoms with Crippen LogP contribution in [-0.2, 0) is 9.59 Å². The number of carbonyl (C=O) groups is 2. The third kappa shape index (κ3) is 5.50. The SMILES string of the molecule is N#CCC(=O)N1CCC(CNC(=O)/C=C/c2ccccc2Br)CC1. The first-order valence-electron chi connectivity index (χ1n) is 7.95. The molecule has 1 fully saturated rings. The van der Waals surface area contributed by atoms with Gasteiger partial charge in [0.05, 0.1) is 6.07 Å². The largest absolute Gasteiger partial charge is 0.352 e. The van der Waals surface area contributed by atoms with Crippen LogP contribution in [0.15, 0.2) is 34.8 Å². The van der Waals surface area contributed by atoms with Crippen LogP contribution in [0.1, 0.15) is 24.8 Å². The second-order valence-corrected chi connectivity index (χ2v) is 6.61. The van der Waals surface area contributed by atoms with E-state index in [9.17, 15) is 9.59 Å². The summed E-state index contributed by atoms with van der Waals surface area (Å²) in [5.74, 6) is 0.155. The minimum atomic E-state index is -0.117. The first-order chi connectivity index (χ1) is 11.6. The van der Waals surface area contributed by atoms with Crippen molar-refractivity contribution in [3.63, 3.8) is 0 Å². The molecule has 0 aromatic heterocycles. The summed E-state index contributed by atoms with van der Waals surface area (Å²) < 4.78 is 0.948. The van der Waals surface area contributed by atoms with Gasteiger partial charge >= 0.3 is 0 Å². The Labute approximate surface area is 150 Å². The molecule has 0 spiro atoms. The van der Waals surface area contributed by atoms with Crippen LogP contribution in [-0.4, -0.2) is 36.3 Å². The highest BCUT2D eigenvalue weighted by Crippen LogP contribution is 2.18. The standard InChI is InChI=1S/C18H20BrN3O2/c19-16-4-2-1-3-15(16)5-6-17(23)21-13-14-8-11-22(12-9-14)18(24)7-10-20/h1-6,14H,7-9,11-13H2,(H,21,23)/b6-5+. The Morgan fingerprint density at radius 2 is 2.04 bits per heavy atom. The average Bonchev–Trinajstić information content (AvgIpc) is 2.60. The van der Waals surface area contributed by atoms with Gasteiger partial charge in [0.25, 0.3) is 0 Å². The summed E-state index contributed by atoms with van der Waals surface area (Å²) in [6.45, 7) is 1.93. The lowest BCUT2D eigenvalue weighted by Crippen LogP contribution is -2.41. The van der Waals surface area contributed by atoms with Crippen LogP contribution in [0, 0.1) is 17.2 Å². The fourth-order valence-electron chi connectivity index (χ4n) is 2.65. The van der Waals surface area contributed by atoms with E-state index in [-0.39, 0.29) is 18.2 Å². The van der Waals surface area contributed by atoms with Crippen LogP contribution >= 0.6 is 15.9 Å². The number of nitrogens with one attached hydrogen (secondary N) is 1. The Hall–Kier alpha value is -2.13. The number of benzene rings is 1. The Kier molecular flexibility index (Phi) is 7.01. The van der Waals surface area contributed by atoms with Gasteiger partial charge in [0, 0.05) is 30.2 Å². The van der Waals surface area contributed by atoms with Crippen molar-refractivity contribution in [2.75, 3.05) is 19.6 Å². The van der Waals surface area contributed by atoms with E-state index in [1.807, 2.05) is 30.3 Å². The molecule has 0 aliphatic carbocycles. The molecule has 0 atom stereocenters. The molecule has 0 radical (unpaired) electrons. The van der Waals surface area contributed by atoms with E-state index in [2.05, 4.69) is 21.2 Å². The molecule has 24 heavy (non-hydrogen) atoms. The minimum absolute atomic E-state index is 0.0543. The quantitative estimate of drug-likeness (QED) is 0.786. The number of carbonyl (C=O) groups excluding carboxylic acids is 2. The van der Waals surface area contributed by atoms with E-state index in [0.717, 1.165) is 22.9 Å². The molecule has 1 N–H and O–H groups in total. The zero-order valence-electron chi connectivity index (χ0n) is 13.4. The van der Waals surface area contributed by atoms with Gasteiger partial charge in [-0.2, -0.15) is 5.26 Å². The van der Waals surface area contributed by atoms with E-state index in [1.165, 1.54) is 6.08 Å². The van der Waals surface area contributed by atoms with Crippen molar-refractivity contribution >= 4 is 33.8 Å². The molecular formula is C18H20BrN3O2. The zero-order valence-corrected chi connectivity index (χ0v) is 15.0. The fraction of sp³-hybridized carbons (Fsp3) is 0.389. The molecule has 1 saturated heterocycles. The molecular weight excluding hydrogens is 370 g/mol. The van der Waals surface area contributed by atoms with Crippen molar-refractivity contribution < 1.29 is 9.59 Å². The van der Waals surface area contributed by atoms with Crippen molar-refractivity contribution in [3.05, 3.63) is 40.4 Å².